The Kier molecular flexibility index (Phi) is 8.81. The highest BCUT2D eigenvalue weighted by Crippen LogP contribution is 2.35. The van der Waals surface area contributed by atoms with Crippen molar-refractivity contribution in [1.82, 2.24) is 15.0 Å². The number of amides is 2. The molecule has 0 fully saturated rings. The first-order valence-corrected chi connectivity index (χ1v) is 16.1. The summed E-state index contributed by atoms with van der Waals surface area (Å²) in [5.74, 6) is 0.212. The van der Waals surface area contributed by atoms with Crippen LogP contribution in [0.4, 0.5) is 45.1 Å². The number of nitrogens with zero attached hydrogens (tertiary/aromatic N) is 5. The molecule has 19 heteroatoms. The second-order valence-electron chi connectivity index (χ2n) is 9.54. The van der Waals surface area contributed by atoms with Crippen molar-refractivity contribution in [3.8, 4) is 0 Å². The number of carbonyl (C=O) groups is 1. The molecule has 0 aliphatic heterocycles. The molecule has 0 atom stereocenters. The van der Waals surface area contributed by atoms with E-state index in [1.807, 2.05) is 31.2 Å². The molecule has 0 bridgehead atoms. The van der Waals surface area contributed by atoms with Crippen molar-refractivity contribution in [2.75, 3.05) is 16.0 Å². The molecule has 0 radical (unpaired) electrons. The molecule has 0 spiro atoms. The maximum Gasteiger partial charge on any atom is 0.316 e. The van der Waals surface area contributed by atoms with Crippen LogP contribution in [0.3, 0.4) is 0 Å². The summed E-state index contributed by atoms with van der Waals surface area (Å²) in [6.07, 6.45) is 0. The Labute approximate surface area is 266 Å². The Bertz CT molecular complexity index is 2270. The van der Waals surface area contributed by atoms with Gasteiger partial charge in [-0.3, -0.25) is 9.11 Å². The van der Waals surface area contributed by atoms with Crippen LogP contribution in [0, 0.1) is 6.92 Å². The molecule has 236 valence electrons. The zero-order chi connectivity index (χ0) is 33.2. The fourth-order valence-corrected chi connectivity index (χ4v) is 5.88. The third-order valence-electron chi connectivity index (χ3n) is 6.12. The molecule has 5 aromatic rings. The molecule has 2 amide bonds. The largest absolute Gasteiger partial charge is 0.351 e. The molecule has 1 aromatic heterocycles. The molecule has 0 aliphatic rings. The highest BCUT2D eigenvalue weighted by Gasteiger charge is 2.21. The summed E-state index contributed by atoms with van der Waals surface area (Å²) in [4.78, 5) is 22.9. The number of nitrogens with two attached hydrogens (primary N) is 1. The topological polar surface area (TPSA) is 251 Å². The number of carbonyl (C=O) groups excluding carboxylic acids is 1. The van der Waals surface area contributed by atoms with Gasteiger partial charge in [-0.2, -0.15) is 36.9 Å². The van der Waals surface area contributed by atoms with E-state index in [9.17, 15) is 30.7 Å². The SMILES string of the molecule is Cc1cccc(Nc2nc(Cl)nc(Nc3ccc(N=Nc4cc(S(=O)(=O)O)c5cccc(S(=O)(=O)O)c5c4)c(NC(N)=O)c3)n2)c1. The molecule has 0 saturated heterocycles. The number of benzene rings is 4. The van der Waals surface area contributed by atoms with E-state index in [1.54, 1.807) is 0 Å². The Balaban J connectivity index is 1.50. The van der Waals surface area contributed by atoms with Crippen LogP contribution in [0.25, 0.3) is 10.8 Å². The predicted molar refractivity (Wildman–Crippen MR) is 170 cm³/mol. The first-order chi connectivity index (χ1) is 21.7. The predicted octanol–water partition coefficient (Wildman–Crippen LogP) is 5.87. The van der Waals surface area contributed by atoms with Crippen molar-refractivity contribution in [2.24, 2.45) is 16.0 Å². The molecule has 0 aliphatic carbocycles. The van der Waals surface area contributed by atoms with E-state index >= 15 is 0 Å². The minimum absolute atomic E-state index is 0.0383. The Morgan fingerprint density at radius 2 is 1.43 bits per heavy atom. The van der Waals surface area contributed by atoms with E-state index in [1.165, 1.54) is 30.3 Å². The number of aryl methyl sites for hydroxylation is 1. The number of aromatic nitrogens is 3. The smallest absolute Gasteiger partial charge is 0.316 e. The first-order valence-electron chi connectivity index (χ1n) is 12.8. The second kappa shape index (κ2) is 12.6. The number of halogens is 1. The van der Waals surface area contributed by atoms with Crippen LogP contribution in [0.5, 0.6) is 0 Å². The number of urea groups is 1. The molecule has 7 N–H and O–H groups in total. The minimum Gasteiger partial charge on any atom is -0.351 e. The number of nitrogens with one attached hydrogen (secondary N) is 3. The fourth-order valence-electron chi connectivity index (χ4n) is 4.29. The third kappa shape index (κ3) is 7.68. The molecule has 46 heavy (non-hydrogen) atoms. The normalized spacial score (nSPS) is 11.9. The first kappa shape index (κ1) is 32.1. The van der Waals surface area contributed by atoms with E-state index < -0.39 is 36.1 Å². The molecular weight excluding hydrogens is 662 g/mol. The van der Waals surface area contributed by atoms with Crippen molar-refractivity contribution in [3.63, 3.8) is 0 Å². The van der Waals surface area contributed by atoms with Gasteiger partial charge in [0.2, 0.25) is 17.2 Å². The second-order valence-corrected chi connectivity index (χ2v) is 12.7. The highest BCUT2D eigenvalue weighted by atomic mass is 35.5. The van der Waals surface area contributed by atoms with E-state index in [4.69, 9.17) is 17.3 Å². The molecule has 0 unspecified atom stereocenters. The van der Waals surface area contributed by atoms with Crippen LogP contribution in [0.2, 0.25) is 5.28 Å². The lowest BCUT2D eigenvalue weighted by molar-refractivity contribution is 0.259. The Hall–Kier alpha value is -5.27. The molecule has 1 heterocycles. The van der Waals surface area contributed by atoms with Crippen LogP contribution >= 0.6 is 11.6 Å². The zero-order valence-electron chi connectivity index (χ0n) is 23.4. The quantitative estimate of drug-likeness (QED) is 0.0787. The summed E-state index contributed by atoms with van der Waals surface area (Å²) < 4.78 is 67.6. The number of fused-ring (bicyclic) bond motifs is 1. The van der Waals surface area contributed by atoms with Crippen molar-refractivity contribution in [2.45, 2.75) is 16.7 Å². The summed E-state index contributed by atoms with van der Waals surface area (Å²) in [5, 5.41) is 15.9. The van der Waals surface area contributed by atoms with Crippen molar-refractivity contribution >= 4 is 89.0 Å². The van der Waals surface area contributed by atoms with Gasteiger partial charge in [0, 0.05) is 22.1 Å². The van der Waals surface area contributed by atoms with E-state index in [-0.39, 0.29) is 45.0 Å². The summed E-state index contributed by atoms with van der Waals surface area (Å²) >= 11 is 6.11. The van der Waals surface area contributed by atoms with Crippen molar-refractivity contribution in [3.05, 3.63) is 83.6 Å². The van der Waals surface area contributed by atoms with Gasteiger partial charge in [0.15, 0.2) is 0 Å². The van der Waals surface area contributed by atoms with Crippen LogP contribution in [-0.2, 0) is 20.2 Å². The van der Waals surface area contributed by atoms with E-state index in [0.717, 1.165) is 29.4 Å². The van der Waals surface area contributed by atoms with E-state index in [0.29, 0.717) is 5.69 Å². The number of primary amides is 1. The summed E-state index contributed by atoms with van der Waals surface area (Å²) in [6, 6.07) is 16.5. The molecule has 16 nitrogen and oxygen atoms in total. The summed E-state index contributed by atoms with van der Waals surface area (Å²) in [5.41, 5.74) is 7.30. The van der Waals surface area contributed by atoms with Crippen LogP contribution in [0.1, 0.15) is 5.56 Å². The average Bonchev–Trinajstić information content (AvgIpc) is 2.94. The van der Waals surface area contributed by atoms with Gasteiger partial charge in [-0.15, -0.1) is 5.11 Å². The van der Waals surface area contributed by atoms with Gasteiger partial charge in [-0.1, -0.05) is 24.3 Å². The lowest BCUT2D eigenvalue weighted by atomic mass is 10.1. The van der Waals surface area contributed by atoms with Crippen molar-refractivity contribution < 1.29 is 30.7 Å². The van der Waals surface area contributed by atoms with Crippen molar-refractivity contribution in [1.29, 1.82) is 0 Å². The Morgan fingerprint density at radius 3 is 2.07 bits per heavy atom. The third-order valence-corrected chi connectivity index (χ3v) is 8.10. The summed E-state index contributed by atoms with van der Waals surface area (Å²) in [7, 11) is -9.67. The number of azo groups is 1. The van der Waals surface area contributed by atoms with Crippen LogP contribution in [-0.4, -0.2) is 46.9 Å². The number of anilines is 5. The molecule has 4 aromatic carbocycles. The van der Waals surface area contributed by atoms with Gasteiger partial charge < -0.3 is 21.7 Å². The standard InChI is InChI=1S/C27H22ClN9O7S2/c1-14-4-2-5-15(10-14)30-26-33-24(28)34-27(35-26)31-16-8-9-20(21(12-16)32-25(29)38)37-36-17-11-19-18(23(13-17)46(42,43)44)6-3-7-22(19)45(39,40)41/h2-13H,1H3,(H3,29,32,38)(H,39,40,41)(H,42,43,44)(H2,30,31,33,34,35). The minimum atomic E-state index is -4.87. The maximum atomic E-state index is 12.1. The average molecular weight is 684 g/mol. The van der Waals surface area contributed by atoms with E-state index in [2.05, 4.69) is 41.1 Å². The number of rotatable bonds is 9. The molecular formula is C27H22ClN9O7S2. The number of hydrogen-bond donors (Lipinski definition) is 6. The lowest BCUT2D eigenvalue weighted by Crippen LogP contribution is -2.19. The monoisotopic (exact) mass is 683 g/mol. The van der Waals surface area contributed by atoms with Gasteiger partial charge in [-0.25, -0.2) is 4.79 Å². The van der Waals surface area contributed by atoms with Gasteiger partial charge in [0.25, 0.3) is 20.2 Å². The zero-order valence-corrected chi connectivity index (χ0v) is 25.8. The van der Waals surface area contributed by atoms with Gasteiger partial charge >= 0.3 is 6.03 Å². The van der Waals surface area contributed by atoms with Gasteiger partial charge in [0.1, 0.15) is 15.5 Å². The fraction of sp³-hybridized carbons (Fsp3) is 0.0370. The maximum absolute atomic E-state index is 12.1. The Morgan fingerprint density at radius 1 is 0.783 bits per heavy atom. The highest BCUT2D eigenvalue weighted by molar-refractivity contribution is 7.86. The lowest BCUT2D eigenvalue weighted by Gasteiger charge is -2.11. The van der Waals surface area contributed by atoms with Crippen LogP contribution < -0.4 is 21.7 Å². The van der Waals surface area contributed by atoms with Gasteiger partial charge in [0.05, 0.1) is 11.4 Å². The van der Waals surface area contributed by atoms with Crippen LogP contribution in [0.15, 0.2) is 92.8 Å². The molecule has 0 saturated carbocycles. The van der Waals surface area contributed by atoms with Gasteiger partial charge in [-0.05, 0) is 72.6 Å². The summed E-state index contributed by atoms with van der Waals surface area (Å²) in [6.45, 7) is 1.93. The molecule has 5 rings (SSSR count). The number of hydrogen-bond acceptors (Lipinski definition) is 12.